The maximum atomic E-state index is 9.08. The monoisotopic (exact) mass is 148 g/mol. The molecule has 3 unspecified atom stereocenters. The first-order valence-electron chi connectivity index (χ1n) is 3.31. The first kappa shape index (κ1) is 7.94. The van der Waals surface area contributed by atoms with Crippen molar-refractivity contribution < 1.29 is 20.1 Å². The van der Waals surface area contributed by atoms with Crippen molar-refractivity contribution in [3.8, 4) is 0 Å². The topological polar surface area (TPSA) is 69.9 Å². The van der Waals surface area contributed by atoms with Gasteiger partial charge in [0.05, 0.1) is 12.2 Å². The third-order valence-electron chi connectivity index (χ3n) is 1.69. The van der Waals surface area contributed by atoms with Crippen molar-refractivity contribution >= 4 is 0 Å². The Hall–Kier alpha value is -0.160. The zero-order valence-electron chi connectivity index (χ0n) is 5.77. The zero-order valence-corrected chi connectivity index (χ0v) is 5.77. The standard InChI is InChI=1S/C6H12O4/c1-3-6(9)4(7)2-5(8)10-3/h3-9H,2H2,1H3/t3-,4?,5?,6?/m1/s1. The van der Waals surface area contributed by atoms with Crippen LogP contribution in [0.4, 0.5) is 0 Å². The zero-order chi connectivity index (χ0) is 7.72. The molecule has 1 fully saturated rings. The van der Waals surface area contributed by atoms with Gasteiger partial charge in [-0.15, -0.1) is 0 Å². The number of aliphatic hydroxyl groups is 3. The van der Waals surface area contributed by atoms with Gasteiger partial charge < -0.3 is 20.1 Å². The summed E-state index contributed by atoms with van der Waals surface area (Å²) in [6.07, 6.45) is -3.07. The van der Waals surface area contributed by atoms with Crippen molar-refractivity contribution in [1.29, 1.82) is 0 Å². The minimum absolute atomic E-state index is 0.0888. The molecule has 1 aliphatic rings. The molecule has 0 bridgehead atoms. The Labute approximate surface area is 59.1 Å². The summed E-state index contributed by atoms with van der Waals surface area (Å²) in [4.78, 5) is 0. The van der Waals surface area contributed by atoms with Gasteiger partial charge in [0.1, 0.15) is 6.10 Å². The molecule has 1 saturated heterocycles. The predicted molar refractivity (Wildman–Crippen MR) is 33.2 cm³/mol. The van der Waals surface area contributed by atoms with E-state index in [0.717, 1.165) is 0 Å². The van der Waals surface area contributed by atoms with E-state index < -0.39 is 24.6 Å². The molecule has 4 heteroatoms. The lowest BCUT2D eigenvalue weighted by molar-refractivity contribution is -0.226. The lowest BCUT2D eigenvalue weighted by atomic mass is 10.0. The molecule has 0 aliphatic carbocycles. The summed E-state index contributed by atoms with van der Waals surface area (Å²) in [6.45, 7) is 1.61. The molecular formula is C6H12O4. The smallest absolute Gasteiger partial charge is 0.157 e. The molecule has 0 aromatic carbocycles. The molecule has 3 N–H and O–H groups in total. The van der Waals surface area contributed by atoms with Crippen LogP contribution in [0.5, 0.6) is 0 Å². The fraction of sp³-hybridized carbons (Fsp3) is 1.00. The first-order valence-corrected chi connectivity index (χ1v) is 3.31. The molecule has 4 nitrogen and oxygen atoms in total. The molecule has 1 rings (SSSR count). The summed E-state index contributed by atoms with van der Waals surface area (Å²) in [5.74, 6) is 0. The molecule has 1 heterocycles. The summed E-state index contributed by atoms with van der Waals surface area (Å²) < 4.78 is 4.81. The molecule has 1 aliphatic heterocycles. The number of hydrogen-bond donors (Lipinski definition) is 3. The molecule has 0 aromatic heterocycles. The van der Waals surface area contributed by atoms with Crippen LogP contribution in [0.2, 0.25) is 0 Å². The van der Waals surface area contributed by atoms with Gasteiger partial charge in [0, 0.05) is 6.42 Å². The van der Waals surface area contributed by atoms with Crippen molar-refractivity contribution in [2.24, 2.45) is 0 Å². The van der Waals surface area contributed by atoms with Crippen LogP contribution in [-0.4, -0.2) is 39.9 Å². The van der Waals surface area contributed by atoms with Gasteiger partial charge in [-0.1, -0.05) is 0 Å². The van der Waals surface area contributed by atoms with E-state index in [2.05, 4.69) is 0 Å². The molecule has 60 valence electrons. The average molecular weight is 148 g/mol. The minimum atomic E-state index is -0.937. The quantitative estimate of drug-likeness (QED) is 0.405. The van der Waals surface area contributed by atoms with Crippen LogP contribution in [0.1, 0.15) is 13.3 Å². The van der Waals surface area contributed by atoms with E-state index in [0.29, 0.717) is 0 Å². The molecule has 10 heavy (non-hydrogen) atoms. The Kier molecular flexibility index (Phi) is 2.25. The van der Waals surface area contributed by atoms with Gasteiger partial charge in [0.25, 0.3) is 0 Å². The summed E-state index contributed by atoms with van der Waals surface area (Å²) in [7, 11) is 0. The van der Waals surface area contributed by atoms with Crippen molar-refractivity contribution in [2.75, 3.05) is 0 Å². The minimum Gasteiger partial charge on any atom is -0.390 e. The Morgan fingerprint density at radius 1 is 1.30 bits per heavy atom. The first-order chi connectivity index (χ1) is 4.61. The molecular weight excluding hydrogens is 136 g/mol. The number of ether oxygens (including phenoxy) is 1. The lowest BCUT2D eigenvalue weighted by Gasteiger charge is -2.32. The van der Waals surface area contributed by atoms with Gasteiger partial charge in [0.2, 0.25) is 0 Å². The third-order valence-corrected chi connectivity index (χ3v) is 1.69. The predicted octanol–water partition coefficient (Wildman–Crippen LogP) is -1.16. The van der Waals surface area contributed by atoms with E-state index in [1.165, 1.54) is 0 Å². The van der Waals surface area contributed by atoms with Gasteiger partial charge >= 0.3 is 0 Å². The van der Waals surface area contributed by atoms with E-state index in [4.69, 9.17) is 20.1 Å². The molecule has 0 saturated carbocycles. The second-order valence-corrected chi connectivity index (χ2v) is 2.59. The van der Waals surface area contributed by atoms with E-state index in [9.17, 15) is 0 Å². The molecule has 0 spiro atoms. The largest absolute Gasteiger partial charge is 0.390 e. The number of rotatable bonds is 0. The highest BCUT2D eigenvalue weighted by molar-refractivity contribution is 4.78. The summed E-state index contributed by atoms with van der Waals surface area (Å²) in [5.41, 5.74) is 0. The van der Waals surface area contributed by atoms with Crippen LogP contribution >= 0.6 is 0 Å². The molecule has 0 aromatic rings. The van der Waals surface area contributed by atoms with E-state index in [1.807, 2.05) is 0 Å². The van der Waals surface area contributed by atoms with Crippen molar-refractivity contribution in [1.82, 2.24) is 0 Å². The van der Waals surface area contributed by atoms with Crippen LogP contribution in [0.25, 0.3) is 0 Å². The SMILES string of the molecule is C[C@H]1OC(O)CC(O)C1O. The fourth-order valence-corrected chi connectivity index (χ4v) is 1.04. The summed E-state index contributed by atoms with van der Waals surface area (Å²) in [5, 5.41) is 27.0. The van der Waals surface area contributed by atoms with Crippen LogP contribution in [-0.2, 0) is 4.74 Å². The average Bonchev–Trinajstić information content (AvgIpc) is 1.82. The van der Waals surface area contributed by atoms with Gasteiger partial charge in [-0.05, 0) is 6.92 Å². The fourth-order valence-electron chi connectivity index (χ4n) is 1.04. The summed E-state index contributed by atoms with van der Waals surface area (Å²) in [6, 6.07) is 0. The highest BCUT2D eigenvalue weighted by atomic mass is 16.6. The highest BCUT2D eigenvalue weighted by Gasteiger charge is 2.32. The number of hydrogen-bond acceptors (Lipinski definition) is 4. The van der Waals surface area contributed by atoms with Crippen LogP contribution < -0.4 is 0 Å². The van der Waals surface area contributed by atoms with E-state index in [1.54, 1.807) is 6.92 Å². The normalized spacial score (nSPS) is 49.2. The maximum absolute atomic E-state index is 9.08. The Bertz CT molecular complexity index is 104. The number of aliphatic hydroxyl groups excluding tert-OH is 3. The third kappa shape index (κ3) is 1.46. The van der Waals surface area contributed by atoms with Gasteiger partial charge in [-0.25, -0.2) is 0 Å². The Balaban J connectivity index is 2.49. The van der Waals surface area contributed by atoms with Crippen molar-refractivity contribution in [3.63, 3.8) is 0 Å². The second kappa shape index (κ2) is 2.84. The van der Waals surface area contributed by atoms with Gasteiger partial charge in [-0.3, -0.25) is 0 Å². The van der Waals surface area contributed by atoms with E-state index in [-0.39, 0.29) is 6.42 Å². The molecule has 4 atom stereocenters. The van der Waals surface area contributed by atoms with Gasteiger partial charge in [0.15, 0.2) is 6.29 Å². The lowest BCUT2D eigenvalue weighted by Crippen LogP contribution is -2.46. The molecule has 0 radical (unpaired) electrons. The van der Waals surface area contributed by atoms with Crippen molar-refractivity contribution in [3.05, 3.63) is 0 Å². The Morgan fingerprint density at radius 3 is 2.40 bits per heavy atom. The highest BCUT2D eigenvalue weighted by Crippen LogP contribution is 2.17. The Morgan fingerprint density at radius 2 is 1.90 bits per heavy atom. The van der Waals surface area contributed by atoms with Crippen LogP contribution in [0, 0.1) is 0 Å². The van der Waals surface area contributed by atoms with E-state index >= 15 is 0 Å². The van der Waals surface area contributed by atoms with Crippen LogP contribution in [0.3, 0.4) is 0 Å². The van der Waals surface area contributed by atoms with Gasteiger partial charge in [-0.2, -0.15) is 0 Å². The molecule has 0 amide bonds. The summed E-state index contributed by atoms with van der Waals surface area (Å²) >= 11 is 0. The maximum Gasteiger partial charge on any atom is 0.157 e. The van der Waals surface area contributed by atoms with Crippen LogP contribution in [0.15, 0.2) is 0 Å². The second-order valence-electron chi connectivity index (χ2n) is 2.59. The van der Waals surface area contributed by atoms with Crippen molar-refractivity contribution in [2.45, 2.75) is 37.9 Å².